The molecular formula is C21H20FN3O8S2. The van der Waals surface area contributed by atoms with Crippen molar-refractivity contribution in [3.63, 3.8) is 0 Å². The smallest absolute Gasteiger partial charge is 0.348 e. The summed E-state index contributed by atoms with van der Waals surface area (Å²) in [5, 5.41) is 8.55. The molecule has 14 heteroatoms. The largest absolute Gasteiger partial charge is 0.462 e. The number of esters is 2. The van der Waals surface area contributed by atoms with Crippen LogP contribution < -0.4 is 5.32 Å². The Labute approximate surface area is 203 Å². The zero-order valence-electron chi connectivity index (χ0n) is 18.8. The highest BCUT2D eigenvalue weighted by molar-refractivity contribution is 7.91. The fourth-order valence-corrected chi connectivity index (χ4v) is 4.90. The molecule has 2 heterocycles. The number of sulfone groups is 1. The minimum absolute atomic E-state index is 0.0399. The summed E-state index contributed by atoms with van der Waals surface area (Å²) in [5.74, 6) is -4.29. The van der Waals surface area contributed by atoms with E-state index in [2.05, 4.69) is 15.5 Å². The molecule has 186 valence electrons. The summed E-state index contributed by atoms with van der Waals surface area (Å²) >= 11 is 0.757. The summed E-state index contributed by atoms with van der Waals surface area (Å²) in [4.78, 5) is 37.3. The van der Waals surface area contributed by atoms with E-state index in [0.717, 1.165) is 23.5 Å². The van der Waals surface area contributed by atoms with Crippen LogP contribution in [-0.2, 0) is 24.1 Å². The number of carbonyl (C=O) groups is 3. The second kappa shape index (κ2) is 10.7. The molecule has 1 N–H and O–H groups in total. The molecule has 0 atom stereocenters. The van der Waals surface area contributed by atoms with E-state index in [-0.39, 0.29) is 45.7 Å². The molecular weight excluding hydrogens is 505 g/mol. The van der Waals surface area contributed by atoms with Crippen LogP contribution in [0.15, 0.2) is 33.9 Å². The van der Waals surface area contributed by atoms with Crippen LogP contribution in [0.5, 0.6) is 0 Å². The summed E-state index contributed by atoms with van der Waals surface area (Å²) < 4.78 is 53.5. The highest BCUT2D eigenvalue weighted by Gasteiger charge is 2.30. The topological polar surface area (TPSA) is 155 Å². The van der Waals surface area contributed by atoms with Crippen molar-refractivity contribution in [3.05, 3.63) is 46.1 Å². The molecule has 0 aliphatic rings. The number of halogens is 1. The molecule has 0 bridgehead atoms. The van der Waals surface area contributed by atoms with Gasteiger partial charge in [0.05, 0.1) is 18.8 Å². The number of hydrogen-bond donors (Lipinski definition) is 1. The standard InChI is InChI=1S/C21H20FN3O8S2/c1-4-31-19(27)15-11(3)16(20(28)32-5-2)34-18(15)23-14(26)10-35(29,30)21-25-24-17(33-21)12-6-8-13(22)9-7-12/h6-9H,4-5,10H2,1-3H3,(H,23,26). The van der Waals surface area contributed by atoms with Gasteiger partial charge in [-0.05, 0) is 50.6 Å². The van der Waals surface area contributed by atoms with Crippen molar-refractivity contribution in [1.82, 2.24) is 10.2 Å². The van der Waals surface area contributed by atoms with Gasteiger partial charge in [-0.2, -0.15) is 0 Å². The molecule has 0 unspecified atom stereocenters. The molecule has 1 aromatic carbocycles. The van der Waals surface area contributed by atoms with Gasteiger partial charge >= 0.3 is 17.2 Å². The first kappa shape index (κ1) is 26.0. The van der Waals surface area contributed by atoms with Gasteiger partial charge in [-0.1, -0.05) is 5.10 Å². The lowest BCUT2D eigenvalue weighted by molar-refractivity contribution is -0.113. The van der Waals surface area contributed by atoms with Gasteiger partial charge < -0.3 is 19.2 Å². The quantitative estimate of drug-likeness (QED) is 0.412. The van der Waals surface area contributed by atoms with Crippen molar-refractivity contribution >= 4 is 44.0 Å². The fraction of sp³-hybridized carbons (Fsp3) is 0.286. The Morgan fingerprint density at radius 2 is 1.69 bits per heavy atom. The van der Waals surface area contributed by atoms with E-state index in [1.54, 1.807) is 13.8 Å². The summed E-state index contributed by atoms with van der Waals surface area (Å²) in [5.41, 5.74) is 0.428. The molecule has 0 fully saturated rings. The Morgan fingerprint density at radius 1 is 1.06 bits per heavy atom. The first-order valence-corrected chi connectivity index (χ1v) is 12.6. The van der Waals surface area contributed by atoms with E-state index in [0.29, 0.717) is 0 Å². The molecule has 1 amide bonds. The van der Waals surface area contributed by atoms with Gasteiger partial charge in [0, 0.05) is 5.56 Å². The third-order valence-electron chi connectivity index (χ3n) is 4.42. The lowest BCUT2D eigenvalue weighted by Crippen LogP contribution is -2.24. The number of thiophene rings is 1. The van der Waals surface area contributed by atoms with Crippen molar-refractivity contribution in [2.24, 2.45) is 0 Å². The van der Waals surface area contributed by atoms with Gasteiger partial charge in [0.2, 0.25) is 21.6 Å². The van der Waals surface area contributed by atoms with E-state index in [1.807, 2.05) is 0 Å². The van der Waals surface area contributed by atoms with Crippen molar-refractivity contribution in [1.29, 1.82) is 0 Å². The van der Waals surface area contributed by atoms with Gasteiger partial charge in [-0.25, -0.2) is 22.4 Å². The molecule has 11 nitrogen and oxygen atoms in total. The van der Waals surface area contributed by atoms with Gasteiger partial charge in [0.25, 0.3) is 0 Å². The Balaban J connectivity index is 1.83. The van der Waals surface area contributed by atoms with Crippen molar-refractivity contribution < 1.29 is 41.1 Å². The van der Waals surface area contributed by atoms with Crippen LogP contribution in [0.1, 0.15) is 39.4 Å². The van der Waals surface area contributed by atoms with E-state index in [1.165, 1.54) is 19.1 Å². The molecule has 0 aliphatic carbocycles. The summed E-state index contributed by atoms with van der Waals surface area (Å²) in [6.07, 6.45) is 0. The molecule has 2 aromatic heterocycles. The number of aromatic nitrogens is 2. The highest BCUT2D eigenvalue weighted by atomic mass is 32.2. The lowest BCUT2D eigenvalue weighted by atomic mass is 10.1. The minimum atomic E-state index is -4.38. The van der Waals surface area contributed by atoms with E-state index in [9.17, 15) is 27.2 Å². The number of hydrogen-bond acceptors (Lipinski definition) is 11. The molecule has 0 aliphatic heterocycles. The Morgan fingerprint density at radius 3 is 2.31 bits per heavy atom. The van der Waals surface area contributed by atoms with Crippen molar-refractivity contribution in [2.75, 3.05) is 24.3 Å². The zero-order chi connectivity index (χ0) is 25.8. The number of nitrogens with one attached hydrogen (secondary N) is 1. The van der Waals surface area contributed by atoms with Gasteiger partial charge in [0.15, 0.2) is 0 Å². The van der Waals surface area contributed by atoms with Crippen molar-refractivity contribution in [3.8, 4) is 11.5 Å². The van der Waals surface area contributed by atoms with E-state index >= 15 is 0 Å². The fourth-order valence-electron chi connectivity index (χ4n) is 2.88. The maximum absolute atomic E-state index is 13.1. The van der Waals surface area contributed by atoms with Crippen LogP contribution in [-0.4, -0.2) is 55.4 Å². The molecule has 0 radical (unpaired) electrons. The van der Waals surface area contributed by atoms with E-state index in [4.69, 9.17) is 13.9 Å². The average molecular weight is 526 g/mol. The van der Waals surface area contributed by atoms with Crippen LogP contribution >= 0.6 is 11.3 Å². The number of ether oxygens (including phenoxy) is 2. The molecule has 3 rings (SSSR count). The maximum atomic E-state index is 13.1. The number of benzene rings is 1. The van der Waals surface area contributed by atoms with Crippen LogP contribution in [0.25, 0.3) is 11.5 Å². The van der Waals surface area contributed by atoms with Gasteiger partial charge in [-0.15, -0.1) is 16.4 Å². The third-order valence-corrected chi connectivity index (χ3v) is 6.95. The Bertz CT molecular complexity index is 1360. The summed E-state index contributed by atoms with van der Waals surface area (Å²) in [6, 6.07) is 4.91. The number of carbonyl (C=O) groups excluding carboxylic acids is 3. The predicted octanol–water partition coefficient (Wildman–Crippen LogP) is 3.01. The van der Waals surface area contributed by atoms with Crippen LogP contribution in [0.2, 0.25) is 0 Å². The maximum Gasteiger partial charge on any atom is 0.348 e. The number of amides is 1. The van der Waals surface area contributed by atoms with Crippen LogP contribution in [0.4, 0.5) is 9.39 Å². The predicted molar refractivity (Wildman–Crippen MR) is 121 cm³/mol. The first-order chi connectivity index (χ1) is 16.6. The molecule has 35 heavy (non-hydrogen) atoms. The van der Waals surface area contributed by atoms with Gasteiger partial charge in [-0.3, -0.25) is 4.79 Å². The molecule has 0 spiro atoms. The Hall–Kier alpha value is -3.65. The Kier molecular flexibility index (Phi) is 7.96. The van der Waals surface area contributed by atoms with Crippen LogP contribution in [0.3, 0.4) is 0 Å². The molecule has 0 saturated carbocycles. The van der Waals surface area contributed by atoms with Gasteiger partial charge in [0.1, 0.15) is 21.4 Å². The normalized spacial score (nSPS) is 11.2. The monoisotopic (exact) mass is 525 g/mol. The molecule has 0 saturated heterocycles. The lowest BCUT2D eigenvalue weighted by Gasteiger charge is -2.06. The highest BCUT2D eigenvalue weighted by Crippen LogP contribution is 2.34. The molecule has 3 aromatic rings. The first-order valence-electron chi connectivity index (χ1n) is 10.2. The average Bonchev–Trinajstić information content (AvgIpc) is 3.40. The second-order valence-corrected chi connectivity index (χ2v) is 9.78. The zero-order valence-corrected chi connectivity index (χ0v) is 20.4. The number of anilines is 1. The van der Waals surface area contributed by atoms with Crippen LogP contribution in [0, 0.1) is 12.7 Å². The van der Waals surface area contributed by atoms with E-state index < -0.39 is 44.5 Å². The summed E-state index contributed by atoms with van der Waals surface area (Å²) in [7, 11) is -4.38. The second-order valence-electron chi connectivity index (χ2n) is 6.89. The SMILES string of the molecule is CCOC(=O)c1sc(NC(=O)CS(=O)(=O)c2nnc(-c3ccc(F)cc3)o2)c(C(=O)OCC)c1C. The number of nitrogens with zero attached hydrogens (tertiary/aromatic N) is 2. The minimum Gasteiger partial charge on any atom is -0.462 e. The van der Waals surface area contributed by atoms with Crippen molar-refractivity contribution in [2.45, 2.75) is 26.0 Å². The number of rotatable bonds is 9. The summed E-state index contributed by atoms with van der Waals surface area (Å²) in [6.45, 7) is 4.81. The third kappa shape index (κ3) is 5.89.